The number of aromatic amines is 1. The van der Waals surface area contributed by atoms with Gasteiger partial charge >= 0.3 is 0 Å². The zero-order valence-corrected chi connectivity index (χ0v) is 9.12. The molecule has 0 saturated heterocycles. The first-order valence-corrected chi connectivity index (χ1v) is 5.04. The highest BCUT2D eigenvalue weighted by molar-refractivity contribution is 5.79. The topological polar surface area (TPSA) is 91.1 Å². The lowest BCUT2D eigenvalue weighted by Gasteiger charge is -2.14. The Kier molecular flexibility index (Phi) is 4.62. The lowest BCUT2D eigenvalue weighted by molar-refractivity contribution is 0.651. The van der Waals surface area contributed by atoms with Crippen molar-refractivity contribution in [3.8, 4) is 0 Å². The van der Waals surface area contributed by atoms with Crippen LogP contribution in [0.3, 0.4) is 0 Å². The molecular weight excluding hydrogens is 192 g/mol. The zero-order valence-electron chi connectivity index (χ0n) is 9.12. The van der Waals surface area contributed by atoms with E-state index in [-0.39, 0.29) is 6.04 Å². The zero-order chi connectivity index (χ0) is 11.1. The summed E-state index contributed by atoms with van der Waals surface area (Å²) in [5.41, 5.74) is 2.53. The highest BCUT2D eigenvalue weighted by Gasteiger charge is 2.08. The summed E-state index contributed by atoms with van der Waals surface area (Å²) in [6.45, 7) is 4.79. The van der Waals surface area contributed by atoms with Gasteiger partial charge in [0.25, 0.3) is 0 Å². The monoisotopic (exact) mass is 210 g/mol. The summed E-state index contributed by atoms with van der Waals surface area (Å²) in [4.78, 5) is 11.4. The molecule has 0 fully saturated rings. The first kappa shape index (κ1) is 11.5. The van der Waals surface area contributed by atoms with Crippen LogP contribution in [0.25, 0.3) is 0 Å². The van der Waals surface area contributed by atoms with Crippen molar-refractivity contribution in [1.29, 1.82) is 0 Å². The lowest BCUT2D eigenvalue weighted by atomic mass is 10.3. The standard InChI is InChI=1S/C9H18N6/c1-3-4-13-9(15-10)14-7(2)8-11-5-6-12-8/h5-7H,3-4,10H2,1-2H3,(H,11,12)(H2,13,14,15). The number of hydrogen-bond donors (Lipinski definition) is 4. The number of hydrogen-bond acceptors (Lipinski definition) is 3. The smallest absolute Gasteiger partial charge is 0.206 e. The van der Waals surface area contributed by atoms with Gasteiger partial charge in [0.15, 0.2) is 0 Å². The molecular formula is C9H18N6. The summed E-state index contributed by atoms with van der Waals surface area (Å²) in [5, 5.41) is 3.12. The van der Waals surface area contributed by atoms with E-state index in [0.29, 0.717) is 5.96 Å². The Morgan fingerprint density at radius 1 is 1.73 bits per heavy atom. The van der Waals surface area contributed by atoms with Gasteiger partial charge in [-0.15, -0.1) is 0 Å². The van der Waals surface area contributed by atoms with Crippen LogP contribution < -0.4 is 16.6 Å². The Morgan fingerprint density at radius 3 is 3.07 bits per heavy atom. The van der Waals surface area contributed by atoms with Crippen LogP contribution in [0.1, 0.15) is 32.1 Å². The van der Waals surface area contributed by atoms with E-state index in [1.54, 1.807) is 12.4 Å². The van der Waals surface area contributed by atoms with Gasteiger partial charge in [0.2, 0.25) is 5.96 Å². The second kappa shape index (κ2) is 6.02. The Morgan fingerprint density at radius 2 is 2.53 bits per heavy atom. The number of H-pyrrole nitrogens is 1. The number of hydrazine groups is 1. The van der Waals surface area contributed by atoms with Gasteiger partial charge in [-0.2, -0.15) is 0 Å². The first-order chi connectivity index (χ1) is 7.27. The molecule has 0 amide bonds. The highest BCUT2D eigenvalue weighted by Crippen LogP contribution is 2.04. The maximum atomic E-state index is 5.34. The minimum Gasteiger partial charge on any atom is -0.347 e. The molecule has 84 valence electrons. The fourth-order valence-corrected chi connectivity index (χ4v) is 1.14. The molecule has 6 nitrogen and oxygen atoms in total. The van der Waals surface area contributed by atoms with Gasteiger partial charge in [0.05, 0.1) is 6.04 Å². The lowest BCUT2D eigenvalue weighted by Crippen LogP contribution is -2.43. The van der Waals surface area contributed by atoms with Gasteiger partial charge in [-0.1, -0.05) is 6.92 Å². The molecule has 1 atom stereocenters. The van der Waals surface area contributed by atoms with Crippen molar-refractivity contribution in [2.24, 2.45) is 10.8 Å². The van der Waals surface area contributed by atoms with Gasteiger partial charge in [-0.3, -0.25) is 10.4 Å². The van der Waals surface area contributed by atoms with Crippen LogP contribution in [0.5, 0.6) is 0 Å². The molecule has 15 heavy (non-hydrogen) atoms. The molecule has 0 saturated carbocycles. The molecule has 1 aromatic rings. The first-order valence-electron chi connectivity index (χ1n) is 5.04. The van der Waals surface area contributed by atoms with Crippen molar-refractivity contribution >= 4 is 5.96 Å². The minimum absolute atomic E-state index is 0.0478. The highest BCUT2D eigenvalue weighted by atomic mass is 15.3. The molecule has 1 heterocycles. The Bertz CT molecular complexity index is 292. The third-order valence-corrected chi connectivity index (χ3v) is 1.91. The Balaban J connectivity index is 2.52. The summed E-state index contributed by atoms with van der Waals surface area (Å²) in [6, 6.07) is 0.0478. The van der Waals surface area contributed by atoms with Gasteiger partial charge in [0, 0.05) is 18.9 Å². The van der Waals surface area contributed by atoms with E-state index in [9.17, 15) is 0 Å². The third-order valence-electron chi connectivity index (χ3n) is 1.91. The van der Waals surface area contributed by atoms with E-state index in [4.69, 9.17) is 5.84 Å². The van der Waals surface area contributed by atoms with Crippen LogP contribution in [-0.4, -0.2) is 22.5 Å². The second-order valence-corrected chi connectivity index (χ2v) is 3.22. The number of aliphatic imine (C=N–C) groups is 1. The number of rotatable bonds is 4. The summed E-state index contributed by atoms with van der Waals surface area (Å²) >= 11 is 0. The van der Waals surface area contributed by atoms with Crippen molar-refractivity contribution in [3.05, 3.63) is 18.2 Å². The van der Waals surface area contributed by atoms with E-state index in [1.807, 2.05) is 6.92 Å². The van der Waals surface area contributed by atoms with Crippen molar-refractivity contribution in [1.82, 2.24) is 20.7 Å². The molecule has 1 unspecified atom stereocenters. The number of guanidine groups is 1. The number of imidazole rings is 1. The van der Waals surface area contributed by atoms with Gasteiger partial charge in [-0.05, 0) is 13.3 Å². The molecule has 0 aliphatic heterocycles. The van der Waals surface area contributed by atoms with Crippen molar-refractivity contribution < 1.29 is 0 Å². The molecule has 0 bridgehead atoms. The summed E-state index contributed by atoms with van der Waals surface area (Å²) in [6.07, 6.45) is 4.49. The van der Waals surface area contributed by atoms with Crippen molar-refractivity contribution in [2.45, 2.75) is 26.3 Å². The fourth-order valence-electron chi connectivity index (χ4n) is 1.14. The van der Waals surface area contributed by atoms with Crippen molar-refractivity contribution in [3.63, 3.8) is 0 Å². The average molecular weight is 210 g/mol. The van der Waals surface area contributed by atoms with Gasteiger partial charge in [0.1, 0.15) is 5.82 Å². The maximum Gasteiger partial charge on any atom is 0.206 e. The van der Waals surface area contributed by atoms with Crippen LogP contribution in [0.4, 0.5) is 0 Å². The molecule has 0 aromatic carbocycles. The Hall–Kier alpha value is -1.56. The van der Waals surface area contributed by atoms with Gasteiger partial charge < -0.3 is 10.3 Å². The van der Waals surface area contributed by atoms with E-state index < -0.39 is 0 Å². The SMILES string of the molecule is CCCN=C(NN)NC(C)c1ncc[nH]1. The summed E-state index contributed by atoms with van der Waals surface area (Å²) in [7, 11) is 0. The molecule has 0 spiro atoms. The van der Waals surface area contributed by atoms with Gasteiger partial charge in [-0.25, -0.2) is 10.8 Å². The average Bonchev–Trinajstić information content (AvgIpc) is 2.77. The molecule has 1 rings (SSSR count). The minimum atomic E-state index is 0.0478. The molecule has 0 radical (unpaired) electrons. The molecule has 6 heteroatoms. The third kappa shape index (κ3) is 3.59. The number of nitrogens with one attached hydrogen (secondary N) is 3. The number of nitrogens with zero attached hydrogens (tertiary/aromatic N) is 2. The van der Waals surface area contributed by atoms with E-state index in [0.717, 1.165) is 18.8 Å². The van der Waals surface area contributed by atoms with E-state index in [2.05, 4.69) is 32.6 Å². The van der Waals surface area contributed by atoms with Crippen LogP contribution in [0.15, 0.2) is 17.4 Å². The fraction of sp³-hybridized carbons (Fsp3) is 0.556. The summed E-state index contributed by atoms with van der Waals surface area (Å²) < 4.78 is 0. The predicted molar refractivity (Wildman–Crippen MR) is 60.1 cm³/mol. The normalized spacial score (nSPS) is 13.7. The quantitative estimate of drug-likeness (QED) is 0.249. The van der Waals surface area contributed by atoms with E-state index >= 15 is 0 Å². The van der Waals surface area contributed by atoms with Crippen LogP contribution in [0.2, 0.25) is 0 Å². The van der Waals surface area contributed by atoms with Crippen molar-refractivity contribution in [2.75, 3.05) is 6.54 Å². The predicted octanol–water partition coefficient (Wildman–Crippen LogP) is 0.290. The molecule has 0 aliphatic carbocycles. The molecule has 1 aromatic heterocycles. The maximum absolute atomic E-state index is 5.34. The largest absolute Gasteiger partial charge is 0.347 e. The molecule has 5 N–H and O–H groups in total. The number of nitrogens with two attached hydrogens (primary N) is 1. The molecule has 0 aliphatic rings. The van der Waals surface area contributed by atoms with Crippen LogP contribution >= 0.6 is 0 Å². The van der Waals surface area contributed by atoms with Crippen LogP contribution in [-0.2, 0) is 0 Å². The van der Waals surface area contributed by atoms with Crippen LogP contribution in [0, 0.1) is 0 Å². The number of aromatic nitrogens is 2. The second-order valence-electron chi connectivity index (χ2n) is 3.22. The van der Waals surface area contributed by atoms with E-state index in [1.165, 1.54) is 0 Å². The summed E-state index contributed by atoms with van der Waals surface area (Å²) in [5.74, 6) is 6.78. The Labute approximate surface area is 89.4 Å².